The normalized spacial score (nSPS) is 13.6. The number of hydrogen-bond donors (Lipinski definition) is 1. The molecule has 0 aliphatic carbocycles. The van der Waals surface area contributed by atoms with Crippen molar-refractivity contribution in [2.45, 2.75) is 20.3 Å². The summed E-state index contributed by atoms with van der Waals surface area (Å²) in [6.07, 6.45) is 0.582. The van der Waals surface area contributed by atoms with E-state index in [2.05, 4.69) is 5.32 Å². The zero-order valence-corrected chi connectivity index (χ0v) is 19.4. The summed E-state index contributed by atoms with van der Waals surface area (Å²) in [5.41, 5.74) is 3.92. The number of imide groups is 1. The number of nitrogens with one attached hydrogen (secondary N) is 1. The molecule has 0 saturated heterocycles. The lowest BCUT2D eigenvalue weighted by atomic mass is 10.0. The monoisotopic (exact) mass is 460 g/mol. The molecule has 33 heavy (non-hydrogen) atoms. The van der Waals surface area contributed by atoms with Crippen LogP contribution in [-0.4, -0.2) is 29.9 Å². The molecule has 1 N–H and O–H groups in total. The third-order valence-corrected chi connectivity index (χ3v) is 5.78. The minimum absolute atomic E-state index is 0.252. The van der Waals surface area contributed by atoms with Gasteiger partial charge in [-0.1, -0.05) is 60.1 Å². The van der Waals surface area contributed by atoms with E-state index in [9.17, 15) is 9.59 Å². The zero-order chi connectivity index (χ0) is 23.4. The molecule has 0 spiro atoms. The number of carbonyl (C=O) groups excluding carboxylic acids is 2. The van der Waals surface area contributed by atoms with Gasteiger partial charge in [-0.25, -0.2) is 0 Å². The molecule has 0 atom stereocenters. The lowest BCUT2D eigenvalue weighted by molar-refractivity contribution is -0.136. The van der Waals surface area contributed by atoms with E-state index in [4.69, 9.17) is 16.3 Å². The van der Waals surface area contributed by atoms with Crippen molar-refractivity contribution in [2.24, 2.45) is 0 Å². The second kappa shape index (κ2) is 9.92. The van der Waals surface area contributed by atoms with E-state index < -0.39 is 0 Å². The van der Waals surface area contributed by atoms with Crippen LogP contribution in [0.4, 0.5) is 5.69 Å². The van der Waals surface area contributed by atoms with Crippen LogP contribution in [0.2, 0.25) is 5.02 Å². The van der Waals surface area contributed by atoms with Crippen molar-refractivity contribution in [3.8, 4) is 5.75 Å². The average molecular weight is 461 g/mol. The second-order valence-electron chi connectivity index (χ2n) is 7.79. The van der Waals surface area contributed by atoms with Crippen LogP contribution >= 0.6 is 11.6 Å². The molecule has 0 saturated carbocycles. The molecule has 1 aliphatic heterocycles. The first-order valence-corrected chi connectivity index (χ1v) is 11.3. The predicted octanol–water partition coefficient (Wildman–Crippen LogP) is 5.48. The minimum Gasteiger partial charge on any atom is -0.494 e. The quantitative estimate of drug-likeness (QED) is 0.452. The van der Waals surface area contributed by atoms with Crippen LogP contribution in [0.25, 0.3) is 5.57 Å². The highest BCUT2D eigenvalue weighted by molar-refractivity contribution is 6.36. The van der Waals surface area contributed by atoms with Crippen LogP contribution in [0.15, 0.2) is 78.5 Å². The van der Waals surface area contributed by atoms with E-state index in [-0.39, 0.29) is 17.5 Å². The molecule has 1 heterocycles. The maximum absolute atomic E-state index is 13.5. The number of carbonyl (C=O) groups is 2. The fourth-order valence-electron chi connectivity index (χ4n) is 3.80. The summed E-state index contributed by atoms with van der Waals surface area (Å²) >= 11 is 6.18. The fraction of sp³-hybridized carbons (Fsp3) is 0.185. The number of nitrogens with zero attached hydrogens (tertiary/aromatic N) is 1. The Bertz CT molecular complexity index is 1200. The molecule has 0 aromatic heterocycles. The van der Waals surface area contributed by atoms with Crippen molar-refractivity contribution < 1.29 is 14.3 Å². The molecule has 0 radical (unpaired) electrons. The highest BCUT2D eigenvalue weighted by Crippen LogP contribution is 2.33. The lowest BCUT2D eigenvalue weighted by Crippen LogP contribution is -2.34. The maximum atomic E-state index is 13.5. The Labute approximate surface area is 198 Å². The number of anilines is 1. The van der Waals surface area contributed by atoms with Gasteiger partial charge in [0.05, 0.1) is 12.2 Å². The Morgan fingerprint density at radius 2 is 1.67 bits per heavy atom. The number of amides is 2. The Morgan fingerprint density at radius 1 is 0.939 bits per heavy atom. The molecule has 0 unspecified atom stereocenters. The Morgan fingerprint density at radius 3 is 2.36 bits per heavy atom. The van der Waals surface area contributed by atoms with Crippen LogP contribution < -0.4 is 10.1 Å². The van der Waals surface area contributed by atoms with Crippen LogP contribution in [0, 0.1) is 6.92 Å². The first-order chi connectivity index (χ1) is 16.0. The van der Waals surface area contributed by atoms with Crippen LogP contribution in [-0.2, 0) is 16.0 Å². The molecule has 4 rings (SSSR count). The summed E-state index contributed by atoms with van der Waals surface area (Å²) in [7, 11) is 0. The van der Waals surface area contributed by atoms with E-state index in [1.54, 1.807) is 36.4 Å². The summed E-state index contributed by atoms with van der Waals surface area (Å²) in [6, 6.07) is 22.4. The van der Waals surface area contributed by atoms with E-state index in [0.29, 0.717) is 47.2 Å². The fourth-order valence-corrected chi connectivity index (χ4v) is 3.97. The first-order valence-electron chi connectivity index (χ1n) is 10.9. The molecular weight excluding hydrogens is 436 g/mol. The zero-order valence-electron chi connectivity index (χ0n) is 18.6. The number of benzene rings is 3. The van der Waals surface area contributed by atoms with Gasteiger partial charge in [-0.3, -0.25) is 14.5 Å². The topological polar surface area (TPSA) is 58.6 Å². The molecule has 168 valence electrons. The standard InChI is InChI=1S/C27H25ClN2O3/c1-3-33-22-13-10-20(11-14-22)24-25(29-23-17-21(28)12-9-18(23)2)27(32)30(26(24)31)16-15-19-7-5-4-6-8-19/h4-14,17,29H,3,15-16H2,1-2H3. The molecule has 6 heteroatoms. The smallest absolute Gasteiger partial charge is 0.278 e. The first kappa shape index (κ1) is 22.6. The number of hydrogen-bond acceptors (Lipinski definition) is 4. The molecule has 0 fully saturated rings. The average Bonchev–Trinajstić information content (AvgIpc) is 3.05. The van der Waals surface area contributed by atoms with Gasteiger partial charge < -0.3 is 10.1 Å². The van der Waals surface area contributed by atoms with E-state index >= 15 is 0 Å². The van der Waals surface area contributed by atoms with Gasteiger partial charge in [0.1, 0.15) is 11.4 Å². The van der Waals surface area contributed by atoms with Crippen molar-refractivity contribution in [2.75, 3.05) is 18.5 Å². The Balaban J connectivity index is 1.69. The summed E-state index contributed by atoms with van der Waals surface area (Å²) < 4.78 is 5.52. The summed E-state index contributed by atoms with van der Waals surface area (Å²) in [5.74, 6) is 0.0428. The highest BCUT2D eigenvalue weighted by Gasteiger charge is 2.39. The molecule has 3 aromatic carbocycles. The van der Waals surface area contributed by atoms with Crippen molar-refractivity contribution >= 4 is 34.7 Å². The number of aryl methyl sites for hydroxylation is 1. The van der Waals surface area contributed by atoms with Crippen molar-refractivity contribution in [3.63, 3.8) is 0 Å². The number of ether oxygens (including phenoxy) is 1. The summed E-state index contributed by atoms with van der Waals surface area (Å²) in [4.78, 5) is 28.2. The van der Waals surface area contributed by atoms with Crippen LogP contribution in [0.5, 0.6) is 5.75 Å². The van der Waals surface area contributed by atoms with Gasteiger partial charge in [0.2, 0.25) is 0 Å². The largest absolute Gasteiger partial charge is 0.494 e. The van der Waals surface area contributed by atoms with Crippen molar-refractivity contribution in [1.82, 2.24) is 4.90 Å². The third kappa shape index (κ3) is 4.94. The summed E-state index contributed by atoms with van der Waals surface area (Å²) in [5, 5.41) is 3.74. The van der Waals surface area contributed by atoms with Gasteiger partial charge in [0.15, 0.2) is 0 Å². The van der Waals surface area contributed by atoms with Gasteiger partial charge in [0, 0.05) is 17.3 Å². The van der Waals surface area contributed by atoms with Gasteiger partial charge in [0.25, 0.3) is 11.8 Å². The van der Waals surface area contributed by atoms with Gasteiger partial charge in [-0.05, 0) is 61.2 Å². The molecule has 5 nitrogen and oxygen atoms in total. The molecule has 1 aliphatic rings. The van der Waals surface area contributed by atoms with Gasteiger partial charge >= 0.3 is 0 Å². The predicted molar refractivity (Wildman–Crippen MR) is 131 cm³/mol. The van der Waals surface area contributed by atoms with Gasteiger partial charge in [-0.2, -0.15) is 0 Å². The van der Waals surface area contributed by atoms with Crippen LogP contribution in [0.3, 0.4) is 0 Å². The maximum Gasteiger partial charge on any atom is 0.278 e. The molecule has 2 amide bonds. The Kier molecular flexibility index (Phi) is 6.80. The van der Waals surface area contributed by atoms with E-state index in [1.807, 2.05) is 50.2 Å². The second-order valence-corrected chi connectivity index (χ2v) is 8.23. The number of halogens is 1. The van der Waals surface area contributed by atoms with Crippen molar-refractivity contribution in [3.05, 3.63) is 100 Å². The SMILES string of the molecule is CCOc1ccc(C2=C(Nc3cc(Cl)ccc3C)C(=O)N(CCc3ccccc3)C2=O)cc1. The van der Waals surface area contributed by atoms with Gasteiger partial charge in [-0.15, -0.1) is 0 Å². The molecular formula is C27H25ClN2O3. The number of rotatable bonds is 8. The summed E-state index contributed by atoms with van der Waals surface area (Å²) in [6.45, 7) is 4.68. The molecule has 0 bridgehead atoms. The van der Waals surface area contributed by atoms with Crippen LogP contribution in [0.1, 0.15) is 23.6 Å². The highest BCUT2D eigenvalue weighted by atomic mass is 35.5. The third-order valence-electron chi connectivity index (χ3n) is 5.55. The Hall–Kier alpha value is -3.57. The van der Waals surface area contributed by atoms with E-state index in [1.165, 1.54) is 4.90 Å². The molecule has 3 aromatic rings. The van der Waals surface area contributed by atoms with E-state index in [0.717, 1.165) is 11.1 Å². The minimum atomic E-state index is -0.348. The van der Waals surface area contributed by atoms with Crippen molar-refractivity contribution in [1.29, 1.82) is 0 Å². The lowest BCUT2D eigenvalue weighted by Gasteiger charge is -2.16.